The van der Waals surface area contributed by atoms with E-state index in [-0.39, 0.29) is 17.6 Å². The highest BCUT2D eigenvalue weighted by Crippen LogP contribution is 2.31. The van der Waals surface area contributed by atoms with Crippen LogP contribution in [0.5, 0.6) is 0 Å². The highest BCUT2D eigenvalue weighted by Gasteiger charge is 2.33. The minimum atomic E-state index is -0.234. The first-order valence-electron chi connectivity index (χ1n) is 8.20. The van der Waals surface area contributed by atoms with Crippen molar-refractivity contribution in [1.29, 1.82) is 0 Å². The minimum Gasteiger partial charge on any atom is -0.383 e. The molecule has 1 aromatic carbocycles. The summed E-state index contributed by atoms with van der Waals surface area (Å²) >= 11 is 0. The molecule has 5 nitrogen and oxygen atoms in total. The molecule has 0 radical (unpaired) electrons. The van der Waals surface area contributed by atoms with Gasteiger partial charge in [-0.05, 0) is 18.9 Å². The number of imidazole rings is 1. The molecule has 0 saturated heterocycles. The molecule has 0 N–H and O–H groups in total. The van der Waals surface area contributed by atoms with Crippen LogP contribution >= 0.6 is 0 Å². The summed E-state index contributed by atoms with van der Waals surface area (Å²) in [5.41, 5.74) is 0.605. The third kappa shape index (κ3) is 4.00. The number of halogens is 1. The van der Waals surface area contributed by atoms with Gasteiger partial charge in [-0.15, -0.1) is 0 Å². The van der Waals surface area contributed by atoms with Gasteiger partial charge in [0.25, 0.3) is 0 Å². The summed E-state index contributed by atoms with van der Waals surface area (Å²) in [5, 5.41) is 0. The van der Waals surface area contributed by atoms with E-state index in [1.807, 2.05) is 16.8 Å². The van der Waals surface area contributed by atoms with Crippen molar-refractivity contribution < 1.29 is 13.9 Å². The molecule has 1 amide bonds. The van der Waals surface area contributed by atoms with Gasteiger partial charge in [0.1, 0.15) is 11.6 Å². The number of hydrogen-bond donors (Lipinski definition) is 0. The Kier molecular flexibility index (Phi) is 5.25. The van der Waals surface area contributed by atoms with Crippen molar-refractivity contribution in [2.24, 2.45) is 5.92 Å². The normalized spacial score (nSPS) is 13.9. The zero-order chi connectivity index (χ0) is 16.9. The van der Waals surface area contributed by atoms with Gasteiger partial charge >= 0.3 is 0 Å². The van der Waals surface area contributed by atoms with E-state index in [4.69, 9.17) is 4.74 Å². The van der Waals surface area contributed by atoms with Crippen LogP contribution in [0.2, 0.25) is 0 Å². The number of benzene rings is 1. The number of ether oxygens (including phenoxy) is 1. The number of methoxy groups -OCH3 is 1. The first-order chi connectivity index (χ1) is 11.7. The van der Waals surface area contributed by atoms with Gasteiger partial charge in [-0.3, -0.25) is 4.79 Å². The van der Waals surface area contributed by atoms with Crippen molar-refractivity contribution in [2.45, 2.75) is 25.9 Å². The molecule has 24 heavy (non-hydrogen) atoms. The Morgan fingerprint density at radius 2 is 2.21 bits per heavy atom. The highest BCUT2D eigenvalue weighted by atomic mass is 19.1. The van der Waals surface area contributed by atoms with Crippen molar-refractivity contribution in [3.63, 3.8) is 0 Å². The summed E-state index contributed by atoms with van der Waals surface area (Å²) in [6, 6.07) is 6.70. The maximum absolute atomic E-state index is 13.9. The molecule has 128 valence electrons. The summed E-state index contributed by atoms with van der Waals surface area (Å²) in [6.07, 6.45) is 5.43. The molecule has 0 unspecified atom stereocenters. The molecular weight excluding hydrogens is 309 g/mol. The maximum Gasteiger partial charge on any atom is 0.226 e. The Hall–Kier alpha value is -2.21. The zero-order valence-corrected chi connectivity index (χ0v) is 13.8. The standard InChI is InChI=1S/C18H22FN3O2/c1-24-11-10-22(18(23)14-6-7-14)13-17-20-8-9-21(17)12-15-4-2-3-5-16(15)19/h2-5,8-9,14H,6-7,10-13H2,1H3. The SMILES string of the molecule is COCCN(Cc1nccn1Cc1ccccc1F)C(=O)C1CC1. The van der Waals surface area contributed by atoms with Gasteiger partial charge in [0.05, 0.1) is 19.7 Å². The van der Waals surface area contributed by atoms with E-state index in [0.29, 0.717) is 31.8 Å². The van der Waals surface area contributed by atoms with E-state index < -0.39 is 0 Å². The predicted molar refractivity (Wildman–Crippen MR) is 87.7 cm³/mol. The van der Waals surface area contributed by atoms with Gasteiger partial charge in [0.2, 0.25) is 5.91 Å². The van der Waals surface area contributed by atoms with Crippen LogP contribution in [0.25, 0.3) is 0 Å². The number of rotatable bonds is 8. The number of aromatic nitrogens is 2. The van der Waals surface area contributed by atoms with Crippen molar-refractivity contribution in [1.82, 2.24) is 14.5 Å². The number of carbonyl (C=O) groups excluding carboxylic acids is 1. The van der Waals surface area contributed by atoms with E-state index in [0.717, 1.165) is 18.7 Å². The van der Waals surface area contributed by atoms with Gasteiger partial charge < -0.3 is 14.2 Å². The molecule has 1 aliphatic carbocycles. The Morgan fingerprint density at radius 3 is 2.92 bits per heavy atom. The maximum atomic E-state index is 13.9. The number of amides is 1. The van der Waals surface area contributed by atoms with E-state index in [9.17, 15) is 9.18 Å². The molecule has 1 heterocycles. The van der Waals surface area contributed by atoms with E-state index >= 15 is 0 Å². The minimum absolute atomic E-state index is 0.150. The van der Waals surface area contributed by atoms with E-state index in [1.165, 1.54) is 6.07 Å². The first-order valence-corrected chi connectivity index (χ1v) is 8.20. The fourth-order valence-corrected chi connectivity index (χ4v) is 2.67. The average molecular weight is 331 g/mol. The second-order valence-corrected chi connectivity index (χ2v) is 6.09. The third-order valence-corrected chi connectivity index (χ3v) is 4.24. The van der Waals surface area contributed by atoms with Crippen molar-refractivity contribution in [3.8, 4) is 0 Å². The zero-order valence-electron chi connectivity index (χ0n) is 13.8. The average Bonchev–Trinajstić information content (AvgIpc) is 3.35. The fraction of sp³-hybridized carbons (Fsp3) is 0.444. The molecule has 1 saturated carbocycles. The molecule has 3 rings (SSSR count). The van der Waals surface area contributed by atoms with Gasteiger partial charge in [0.15, 0.2) is 0 Å². The van der Waals surface area contributed by atoms with Gasteiger partial charge in [0, 0.05) is 37.5 Å². The van der Waals surface area contributed by atoms with Crippen molar-refractivity contribution in [2.75, 3.05) is 20.3 Å². The first kappa shape index (κ1) is 16.6. The largest absolute Gasteiger partial charge is 0.383 e. The molecule has 6 heteroatoms. The molecule has 2 aromatic rings. The Bertz CT molecular complexity index is 697. The Labute approximate surface area is 141 Å². The fourth-order valence-electron chi connectivity index (χ4n) is 2.67. The number of hydrogen-bond acceptors (Lipinski definition) is 3. The summed E-state index contributed by atoms with van der Waals surface area (Å²) in [4.78, 5) is 18.6. The molecule has 1 aromatic heterocycles. The van der Waals surface area contributed by atoms with Crippen molar-refractivity contribution >= 4 is 5.91 Å². The van der Waals surface area contributed by atoms with Crippen LogP contribution < -0.4 is 0 Å². The van der Waals surface area contributed by atoms with Crippen LogP contribution in [-0.2, 0) is 22.6 Å². The predicted octanol–water partition coefficient (Wildman–Crippen LogP) is 2.46. The number of nitrogens with zero attached hydrogens (tertiary/aromatic N) is 3. The van der Waals surface area contributed by atoms with Crippen LogP contribution in [-0.4, -0.2) is 40.6 Å². The summed E-state index contributed by atoms with van der Waals surface area (Å²) in [7, 11) is 1.62. The molecule has 0 aliphatic heterocycles. The molecule has 0 bridgehead atoms. The summed E-state index contributed by atoms with van der Waals surface area (Å²) < 4.78 is 20.9. The monoisotopic (exact) mass is 331 g/mol. The molecule has 0 atom stereocenters. The van der Waals surface area contributed by atoms with Crippen LogP contribution in [0.1, 0.15) is 24.2 Å². The van der Waals surface area contributed by atoms with Crippen LogP contribution in [0.3, 0.4) is 0 Å². The lowest BCUT2D eigenvalue weighted by molar-refractivity contribution is -0.134. The van der Waals surface area contributed by atoms with Gasteiger partial charge in [-0.25, -0.2) is 9.37 Å². The Morgan fingerprint density at radius 1 is 1.42 bits per heavy atom. The van der Waals surface area contributed by atoms with E-state index in [1.54, 1.807) is 30.3 Å². The van der Waals surface area contributed by atoms with Crippen LogP contribution in [0.4, 0.5) is 4.39 Å². The van der Waals surface area contributed by atoms with E-state index in [2.05, 4.69) is 4.98 Å². The third-order valence-electron chi connectivity index (χ3n) is 4.24. The quantitative estimate of drug-likeness (QED) is 0.746. The van der Waals surface area contributed by atoms with Crippen LogP contribution in [0.15, 0.2) is 36.7 Å². The highest BCUT2D eigenvalue weighted by molar-refractivity contribution is 5.80. The van der Waals surface area contributed by atoms with Gasteiger partial charge in [-0.1, -0.05) is 18.2 Å². The van der Waals surface area contributed by atoms with Crippen LogP contribution in [0, 0.1) is 11.7 Å². The second kappa shape index (κ2) is 7.57. The lowest BCUT2D eigenvalue weighted by Gasteiger charge is -2.22. The smallest absolute Gasteiger partial charge is 0.226 e. The lowest BCUT2D eigenvalue weighted by atomic mass is 10.2. The summed E-state index contributed by atoms with van der Waals surface area (Å²) in [5.74, 6) is 0.829. The topological polar surface area (TPSA) is 47.4 Å². The van der Waals surface area contributed by atoms with Gasteiger partial charge in [-0.2, -0.15) is 0 Å². The molecular formula is C18H22FN3O2. The molecule has 1 aliphatic rings. The number of carbonyl (C=O) groups is 1. The Balaban J connectivity index is 1.73. The lowest BCUT2D eigenvalue weighted by Crippen LogP contribution is -2.35. The second-order valence-electron chi connectivity index (χ2n) is 6.09. The molecule has 1 fully saturated rings. The summed E-state index contributed by atoms with van der Waals surface area (Å²) in [6.45, 7) is 1.85. The molecule has 0 spiro atoms. The van der Waals surface area contributed by atoms with Crippen molar-refractivity contribution in [3.05, 3.63) is 53.9 Å².